The highest BCUT2D eigenvalue weighted by molar-refractivity contribution is 6.27. The number of hydrogen-bond acceptors (Lipinski definition) is 6. The number of hydrogen-bond donors (Lipinski definition) is 1. The molecule has 0 atom stereocenters. The fourth-order valence-electron chi connectivity index (χ4n) is 1.87. The van der Waals surface area contributed by atoms with Crippen molar-refractivity contribution in [1.82, 2.24) is 0 Å². The predicted octanol–water partition coefficient (Wildman–Crippen LogP) is 1.17. The summed E-state index contributed by atoms with van der Waals surface area (Å²) in [7, 11) is 1.28. The first kappa shape index (κ1) is 14.5. The van der Waals surface area contributed by atoms with Gasteiger partial charge in [0.25, 0.3) is 0 Å². The molecule has 1 aromatic rings. The van der Waals surface area contributed by atoms with E-state index >= 15 is 0 Å². The number of methoxy groups -OCH3 is 1. The zero-order valence-corrected chi connectivity index (χ0v) is 11.5. The molecule has 6 heteroatoms. The van der Waals surface area contributed by atoms with Crippen molar-refractivity contribution >= 4 is 23.4 Å². The molecule has 0 aliphatic carbocycles. The van der Waals surface area contributed by atoms with Gasteiger partial charge in [-0.3, -0.25) is 4.79 Å². The molecular weight excluding hydrogens is 274 g/mol. The number of cyclic esters (lactones) is 1. The number of esters is 2. The van der Waals surface area contributed by atoms with E-state index in [9.17, 15) is 14.4 Å². The van der Waals surface area contributed by atoms with Gasteiger partial charge in [-0.05, 0) is 24.6 Å². The second-order valence-electron chi connectivity index (χ2n) is 4.37. The van der Waals surface area contributed by atoms with Gasteiger partial charge in [-0.15, -0.1) is 0 Å². The minimum Gasteiger partial charge on any atom is -0.465 e. The molecule has 0 aromatic heterocycles. The number of ketones is 1. The van der Waals surface area contributed by atoms with Gasteiger partial charge in [0.1, 0.15) is 11.3 Å². The summed E-state index contributed by atoms with van der Waals surface area (Å²) in [6.45, 7) is 1.51. The third kappa shape index (κ3) is 2.84. The fourth-order valence-corrected chi connectivity index (χ4v) is 1.87. The van der Waals surface area contributed by atoms with Crippen molar-refractivity contribution in [3.8, 4) is 0 Å². The Kier molecular flexibility index (Phi) is 3.89. The quantitative estimate of drug-likeness (QED) is 0.498. The minimum atomic E-state index is -0.783. The number of nitrogens with two attached hydrogens (primary N) is 1. The second-order valence-corrected chi connectivity index (χ2v) is 4.37. The lowest BCUT2D eigenvalue weighted by Gasteiger charge is -2.14. The summed E-state index contributed by atoms with van der Waals surface area (Å²) in [5.41, 5.74) is 6.44. The molecule has 0 amide bonds. The highest BCUT2D eigenvalue weighted by Gasteiger charge is 2.27. The number of benzene rings is 1. The predicted molar refractivity (Wildman–Crippen MR) is 73.7 cm³/mol. The van der Waals surface area contributed by atoms with Crippen LogP contribution in [0.2, 0.25) is 0 Å². The van der Waals surface area contributed by atoms with E-state index in [1.54, 1.807) is 0 Å². The van der Waals surface area contributed by atoms with Crippen LogP contribution >= 0.6 is 0 Å². The van der Waals surface area contributed by atoms with Crippen LogP contribution in [0.4, 0.5) is 0 Å². The molecule has 1 aliphatic heterocycles. The SMILES string of the molecule is COC(=O)c1ccc(/C(N)=C2/C(=O)C=C(C)OC2=O)cc1. The average Bonchev–Trinajstić information content (AvgIpc) is 2.45. The van der Waals surface area contributed by atoms with E-state index < -0.39 is 17.7 Å². The van der Waals surface area contributed by atoms with Gasteiger partial charge in [0, 0.05) is 6.08 Å². The fraction of sp³-hybridized carbons (Fsp3) is 0.133. The van der Waals surface area contributed by atoms with Crippen LogP contribution < -0.4 is 5.73 Å². The van der Waals surface area contributed by atoms with Gasteiger partial charge < -0.3 is 15.2 Å². The Morgan fingerprint density at radius 1 is 1.14 bits per heavy atom. The van der Waals surface area contributed by atoms with Crippen LogP contribution in [0, 0.1) is 0 Å². The van der Waals surface area contributed by atoms with E-state index in [0.29, 0.717) is 11.1 Å². The Labute approximate surface area is 120 Å². The van der Waals surface area contributed by atoms with Crippen LogP contribution in [-0.4, -0.2) is 24.8 Å². The lowest BCUT2D eigenvalue weighted by molar-refractivity contribution is -0.137. The Morgan fingerprint density at radius 2 is 1.71 bits per heavy atom. The highest BCUT2D eigenvalue weighted by Crippen LogP contribution is 2.21. The molecule has 108 valence electrons. The van der Waals surface area contributed by atoms with E-state index in [-0.39, 0.29) is 17.0 Å². The number of rotatable bonds is 2. The van der Waals surface area contributed by atoms with Crippen molar-refractivity contribution in [2.24, 2.45) is 5.73 Å². The van der Waals surface area contributed by atoms with E-state index in [4.69, 9.17) is 10.5 Å². The summed E-state index contributed by atoms with van der Waals surface area (Å²) >= 11 is 0. The topological polar surface area (TPSA) is 95.7 Å². The van der Waals surface area contributed by atoms with Gasteiger partial charge in [0.2, 0.25) is 0 Å². The van der Waals surface area contributed by atoms with Gasteiger partial charge in [-0.1, -0.05) is 12.1 Å². The maximum atomic E-state index is 11.9. The molecule has 1 aromatic carbocycles. The number of allylic oxidation sites excluding steroid dienone is 2. The first-order chi connectivity index (χ1) is 9.93. The van der Waals surface area contributed by atoms with Crippen LogP contribution in [0.5, 0.6) is 0 Å². The maximum absolute atomic E-state index is 11.9. The molecule has 0 radical (unpaired) electrons. The third-order valence-electron chi connectivity index (χ3n) is 2.92. The largest absolute Gasteiger partial charge is 0.465 e. The molecule has 2 rings (SSSR count). The molecule has 0 bridgehead atoms. The van der Waals surface area contributed by atoms with Crippen LogP contribution in [0.15, 0.2) is 41.7 Å². The molecule has 1 aliphatic rings. The summed E-state index contributed by atoms with van der Waals surface area (Å²) in [5, 5.41) is 0. The molecule has 0 unspecified atom stereocenters. The van der Waals surface area contributed by atoms with E-state index in [0.717, 1.165) is 0 Å². The van der Waals surface area contributed by atoms with Crippen molar-refractivity contribution < 1.29 is 23.9 Å². The molecule has 0 spiro atoms. The van der Waals surface area contributed by atoms with Gasteiger partial charge in [0.05, 0.1) is 18.4 Å². The van der Waals surface area contributed by atoms with Gasteiger partial charge in [0.15, 0.2) is 5.78 Å². The number of carbonyl (C=O) groups excluding carboxylic acids is 3. The standard InChI is InChI=1S/C15H13NO5/c1-8-7-11(17)12(15(19)21-8)13(16)9-3-5-10(6-4-9)14(18)20-2/h3-7H,16H2,1-2H3/b13-12+. The van der Waals surface area contributed by atoms with Crippen LogP contribution in [0.3, 0.4) is 0 Å². The van der Waals surface area contributed by atoms with E-state index in [2.05, 4.69) is 4.74 Å². The molecule has 0 fully saturated rings. The summed E-state index contributed by atoms with van der Waals surface area (Å²) in [4.78, 5) is 35.0. The summed E-state index contributed by atoms with van der Waals surface area (Å²) in [6.07, 6.45) is 1.20. The number of ether oxygens (including phenoxy) is 2. The van der Waals surface area contributed by atoms with E-state index in [1.165, 1.54) is 44.4 Å². The monoisotopic (exact) mass is 287 g/mol. The first-order valence-corrected chi connectivity index (χ1v) is 6.07. The normalized spacial score (nSPS) is 17.0. The molecule has 0 saturated heterocycles. The molecule has 21 heavy (non-hydrogen) atoms. The Bertz CT molecular complexity index is 683. The Balaban J connectivity index is 2.41. The molecule has 6 nitrogen and oxygen atoms in total. The van der Waals surface area contributed by atoms with Crippen molar-refractivity contribution in [2.45, 2.75) is 6.92 Å². The van der Waals surface area contributed by atoms with Gasteiger partial charge in [-0.25, -0.2) is 9.59 Å². The Hall–Kier alpha value is -2.89. The third-order valence-corrected chi connectivity index (χ3v) is 2.92. The van der Waals surface area contributed by atoms with Crippen LogP contribution in [0.1, 0.15) is 22.8 Å². The van der Waals surface area contributed by atoms with Crippen molar-refractivity contribution in [2.75, 3.05) is 7.11 Å². The molecular formula is C15H13NO5. The van der Waals surface area contributed by atoms with Crippen molar-refractivity contribution in [3.05, 3.63) is 52.8 Å². The summed E-state index contributed by atoms with van der Waals surface area (Å²) < 4.78 is 9.46. The second kappa shape index (κ2) is 5.62. The lowest BCUT2D eigenvalue weighted by Crippen LogP contribution is -2.23. The number of carbonyl (C=O) groups is 3. The zero-order valence-electron chi connectivity index (χ0n) is 11.5. The Morgan fingerprint density at radius 3 is 2.24 bits per heavy atom. The van der Waals surface area contributed by atoms with Gasteiger partial charge >= 0.3 is 11.9 Å². The maximum Gasteiger partial charge on any atom is 0.349 e. The van der Waals surface area contributed by atoms with Crippen LogP contribution in [0.25, 0.3) is 5.70 Å². The molecule has 2 N–H and O–H groups in total. The summed E-state index contributed by atoms with van der Waals surface area (Å²) in [6, 6.07) is 6.04. The van der Waals surface area contributed by atoms with Gasteiger partial charge in [-0.2, -0.15) is 0 Å². The highest BCUT2D eigenvalue weighted by atomic mass is 16.5. The average molecular weight is 287 g/mol. The first-order valence-electron chi connectivity index (χ1n) is 6.07. The van der Waals surface area contributed by atoms with Crippen molar-refractivity contribution in [1.29, 1.82) is 0 Å². The van der Waals surface area contributed by atoms with Crippen LogP contribution in [-0.2, 0) is 19.1 Å². The zero-order chi connectivity index (χ0) is 15.6. The summed E-state index contributed by atoms with van der Waals surface area (Å²) in [5.74, 6) is -1.55. The smallest absolute Gasteiger partial charge is 0.349 e. The van der Waals surface area contributed by atoms with Crippen molar-refractivity contribution in [3.63, 3.8) is 0 Å². The lowest BCUT2D eigenvalue weighted by atomic mass is 10.0. The minimum absolute atomic E-state index is 0.00478. The molecule has 1 heterocycles. The van der Waals surface area contributed by atoms with E-state index in [1.807, 2.05) is 0 Å². The molecule has 0 saturated carbocycles.